The normalized spacial score (nSPS) is 11.0. The van der Waals surface area contributed by atoms with Crippen LogP contribution in [0.5, 0.6) is 5.75 Å². The number of hydrogen-bond acceptors (Lipinski definition) is 5. The molecule has 0 spiro atoms. The molecule has 0 atom stereocenters. The standard InChI is InChI=1S/C15H16N2O4S/c1-11(18)16-22(20,21)13-9-7-12(8-10-13)17(2)14-5-3-4-6-15(14)19/h3-10,19H,1-2H3,(H,16,18). The number of carbonyl (C=O) groups excluding carboxylic acids is 1. The molecule has 0 heterocycles. The summed E-state index contributed by atoms with van der Waals surface area (Å²) in [5.41, 5.74) is 1.29. The number of nitrogens with one attached hydrogen (secondary N) is 1. The van der Waals surface area contributed by atoms with Crippen molar-refractivity contribution in [2.75, 3.05) is 11.9 Å². The second kappa shape index (κ2) is 6.07. The average Bonchev–Trinajstić information content (AvgIpc) is 2.46. The first-order chi connectivity index (χ1) is 10.3. The molecule has 0 unspecified atom stereocenters. The van der Waals surface area contributed by atoms with E-state index in [4.69, 9.17) is 0 Å². The zero-order valence-corrected chi connectivity index (χ0v) is 13.0. The minimum Gasteiger partial charge on any atom is -0.506 e. The zero-order valence-electron chi connectivity index (χ0n) is 12.1. The van der Waals surface area contributed by atoms with Crippen LogP contribution in [0.25, 0.3) is 0 Å². The molecule has 0 fully saturated rings. The Balaban J connectivity index is 2.30. The Labute approximate surface area is 129 Å². The van der Waals surface area contributed by atoms with Gasteiger partial charge in [-0.25, -0.2) is 13.1 Å². The topological polar surface area (TPSA) is 86.7 Å². The first kappa shape index (κ1) is 15.8. The molecule has 116 valence electrons. The molecule has 2 N–H and O–H groups in total. The summed E-state index contributed by atoms with van der Waals surface area (Å²) in [4.78, 5) is 12.6. The maximum atomic E-state index is 11.9. The van der Waals surface area contributed by atoms with Gasteiger partial charge in [0.1, 0.15) is 5.75 Å². The predicted molar refractivity (Wildman–Crippen MR) is 83.6 cm³/mol. The number of anilines is 2. The lowest BCUT2D eigenvalue weighted by Gasteiger charge is -2.20. The summed E-state index contributed by atoms with van der Waals surface area (Å²) >= 11 is 0. The van der Waals surface area contributed by atoms with Crippen molar-refractivity contribution in [3.05, 3.63) is 48.5 Å². The summed E-state index contributed by atoms with van der Waals surface area (Å²) in [6, 6.07) is 12.8. The van der Waals surface area contributed by atoms with Crippen molar-refractivity contribution >= 4 is 27.3 Å². The number of aromatic hydroxyl groups is 1. The van der Waals surface area contributed by atoms with Crippen LogP contribution in [-0.4, -0.2) is 26.5 Å². The fraction of sp³-hybridized carbons (Fsp3) is 0.133. The number of benzene rings is 2. The molecule has 2 aromatic rings. The molecule has 7 heteroatoms. The highest BCUT2D eigenvalue weighted by atomic mass is 32.2. The monoisotopic (exact) mass is 320 g/mol. The summed E-state index contributed by atoms with van der Waals surface area (Å²) in [7, 11) is -2.09. The first-order valence-electron chi connectivity index (χ1n) is 6.46. The Bertz CT molecular complexity index is 785. The van der Waals surface area contributed by atoms with Gasteiger partial charge < -0.3 is 10.0 Å². The summed E-state index contributed by atoms with van der Waals surface area (Å²) in [5, 5.41) is 9.84. The number of phenols is 1. The molecule has 0 aliphatic heterocycles. The van der Waals surface area contributed by atoms with Crippen molar-refractivity contribution in [2.45, 2.75) is 11.8 Å². The molecular weight excluding hydrogens is 304 g/mol. The minimum atomic E-state index is -3.84. The van der Waals surface area contributed by atoms with Crippen molar-refractivity contribution in [2.24, 2.45) is 0 Å². The number of phenolic OH excluding ortho intramolecular Hbond substituents is 1. The molecule has 0 saturated heterocycles. The molecule has 0 radical (unpaired) electrons. The summed E-state index contributed by atoms with van der Waals surface area (Å²) in [6.07, 6.45) is 0. The average molecular weight is 320 g/mol. The first-order valence-corrected chi connectivity index (χ1v) is 7.95. The van der Waals surface area contributed by atoms with Crippen LogP contribution in [0.15, 0.2) is 53.4 Å². The smallest absolute Gasteiger partial charge is 0.264 e. The molecule has 0 aliphatic carbocycles. The van der Waals surface area contributed by atoms with Crippen molar-refractivity contribution in [3.8, 4) is 5.75 Å². The van der Waals surface area contributed by atoms with Crippen LogP contribution in [0, 0.1) is 0 Å². The third-order valence-electron chi connectivity index (χ3n) is 3.06. The van der Waals surface area contributed by atoms with Crippen LogP contribution in [-0.2, 0) is 14.8 Å². The van der Waals surface area contributed by atoms with Gasteiger partial charge in [-0.05, 0) is 36.4 Å². The lowest BCUT2D eigenvalue weighted by atomic mass is 10.2. The van der Waals surface area contributed by atoms with Gasteiger partial charge in [0, 0.05) is 19.7 Å². The zero-order chi connectivity index (χ0) is 16.3. The van der Waals surface area contributed by atoms with Crippen molar-refractivity contribution in [1.29, 1.82) is 0 Å². The molecule has 0 aliphatic rings. The molecule has 2 aromatic carbocycles. The van der Waals surface area contributed by atoms with E-state index in [1.54, 1.807) is 48.3 Å². The van der Waals surface area contributed by atoms with E-state index in [0.29, 0.717) is 11.4 Å². The van der Waals surface area contributed by atoms with E-state index >= 15 is 0 Å². The molecule has 1 amide bonds. The third kappa shape index (κ3) is 3.37. The Kier molecular flexibility index (Phi) is 4.37. The number of carbonyl (C=O) groups is 1. The van der Waals surface area contributed by atoms with E-state index in [1.165, 1.54) is 12.1 Å². The molecule has 0 bridgehead atoms. The van der Waals surface area contributed by atoms with Crippen molar-refractivity contribution < 1.29 is 18.3 Å². The maximum absolute atomic E-state index is 11.9. The number of sulfonamides is 1. The fourth-order valence-electron chi connectivity index (χ4n) is 1.98. The van der Waals surface area contributed by atoms with Gasteiger partial charge in [0.05, 0.1) is 10.6 Å². The summed E-state index contributed by atoms with van der Waals surface area (Å²) < 4.78 is 25.6. The number of rotatable bonds is 4. The van der Waals surface area contributed by atoms with Gasteiger partial charge in [0.25, 0.3) is 10.0 Å². The maximum Gasteiger partial charge on any atom is 0.264 e. The van der Waals surface area contributed by atoms with Crippen LogP contribution in [0.2, 0.25) is 0 Å². The van der Waals surface area contributed by atoms with Crippen molar-refractivity contribution in [1.82, 2.24) is 4.72 Å². The molecule has 0 saturated carbocycles. The highest BCUT2D eigenvalue weighted by Gasteiger charge is 2.16. The van der Waals surface area contributed by atoms with E-state index in [-0.39, 0.29) is 10.6 Å². The van der Waals surface area contributed by atoms with Crippen LogP contribution in [0.4, 0.5) is 11.4 Å². The van der Waals surface area contributed by atoms with E-state index in [1.807, 2.05) is 4.72 Å². The van der Waals surface area contributed by atoms with Gasteiger partial charge in [0.15, 0.2) is 0 Å². The van der Waals surface area contributed by atoms with Gasteiger partial charge in [-0.2, -0.15) is 0 Å². The summed E-state index contributed by atoms with van der Waals surface area (Å²) in [6.45, 7) is 1.14. The van der Waals surface area contributed by atoms with Crippen molar-refractivity contribution in [3.63, 3.8) is 0 Å². The molecule has 2 rings (SSSR count). The van der Waals surface area contributed by atoms with E-state index in [0.717, 1.165) is 6.92 Å². The van der Waals surface area contributed by atoms with Crippen LogP contribution >= 0.6 is 0 Å². The number of hydrogen-bond donors (Lipinski definition) is 2. The van der Waals surface area contributed by atoms with Gasteiger partial charge >= 0.3 is 0 Å². The van der Waals surface area contributed by atoms with E-state index in [9.17, 15) is 18.3 Å². The molecule has 0 aromatic heterocycles. The lowest BCUT2D eigenvalue weighted by molar-refractivity contribution is -0.117. The lowest BCUT2D eigenvalue weighted by Crippen LogP contribution is -2.28. The SMILES string of the molecule is CC(=O)NS(=O)(=O)c1ccc(N(C)c2ccccc2O)cc1. The van der Waals surface area contributed by atoms with Gasteiger partial charge in [0.2, 0.25) is 5.91 Å². The fourth-order valence-corrected chi connectivity index (χ4v) is 2.97. The number of amides is 1. The predicted octanol–water partition coefficient (Wildman–Crippen LogP) is 1.98. The van der Waals surface area contributed by atoms with Crippen LogP contribution in [0.3, 0.4) is 0 Å². The number of para-hydroxylation sites is 2. The second-order valence-electron chi connectivity index (χ2n) is 4.70. The highest BCUT2D eigenvalue weighted by molar-refractivity contribution is 7.90. The Hall–Kier alpha value is -2.54. The number of nitrogens with zero attached hydrogens (tertiary/aromatic N) is 1. The Morgan fingerprint density at radius 3 is 2.23 bits per heavy atom. The summed E-state index contributed by atoms with van der Waals surface area (Å²) in [5.74, 6) is -0.518. The minimum absolute atomic E-state index is 0.00265. The second-order valence-corrected chi connectivity index (χ2v) is 6.39. The Morgan fingerprint density at radius 1 is 1.09 bits per heavy atom. The molecule has 22 heavy (non-hydrogen) atoms. The van der Waals surface area contributed by atoms with Gasteiger partial charge in [-0.3, -0.25) is 4.79 Å². The molecule has 6 nitrogen and oxygen atoms in total. The van der Waals surface area contributed by atoms with Crippen LogP contribution in [0.1, 0.15) is 6.92 Å². The largest absolute Gasteiger partial charge is 0.506 e. The van der Waals surface area contributed by atoms with Gasteiger partial charge in [-0.1, -0.05) is 12.1 Å². The highest BCUT2D eigenvalue weighted by Crippen LogP contribution is 2.31. The quantitative estimate of drug-likeness (QED) is 0.899. The molecular formula is C15H16N2O4S. The Morgan fingerprint density at radius 2 is 1.68 bits per heavy atom. The van der Waals surface area contributed by atoms with E-state index < -0.39 is 15.9 Å². The van der Waals surface area contributed by atoms with Gasteiger partial charge in [-0.15, -0.1) is 0 Å². The van der Waals surface area contributed by atoms with Crippen LogP contribution < -0.4 is 9.62 Å². The van der Waals surface area contributed by atoms with E-state index in [2.05, 4.69) is 0 Å². The third-order valence-corrected chi connectivity index (χ3v) is 4.50.